The Labute approximate surface area is 228 Å². The molecule has 9 nitrogen and oxygen atoms in total. The minimum atomic E-state index is -1.11. The molecule has 0 radical (unpaired) electrons. The molecule has 0 amide bonds. The SMILES string of the molecule is O=c1c(CN(Cc2ccccc2)[C@H]2CCCN(c3ccc([N+](=O)[O-])nc3)C2)cn2c3c(c(F)c(F)cc13)OCC2. The number of hydrogen-bond donors (Lipinski definition) is 0. The molecule has 2 aliphatic heterocycles. The van der Waals surface area contributed by atoms with Crippen LogP contribution in [0.3, 0.4) is 0 Å². The summed E-state index contributed by atoms with van der Waals surface area (Å²) < 4.78 is 36.0. The predicted molar refractivity (Wildman–Crippen MR) is 145 cm³/mol. The topological polar surface area (TPSA) is 93.7 Å². The number of piperidine rings is 1. The van der Waals surface area contributed by atoms with Crippen molar-refractivity contribution in [1.82, 2.24) is 14.5 Å². The van der Waals surface area contributed by atoms with E-state index < -0.39 is 16.6 Å². The lowest BCUT2D eigenvalue weighted by molar-refractivity contribution is -0.389. The molecule has 4 heterocycles. The minimum Gasteiger partial charge on any atom is -0.486 e. The van der Waals surface area contributed by atoms with Crippen LogP contribution in [0.25, 0.3) is 10.9 Å². The molecule has 1 fully saturated rings. The van der Waals surface area contributed by atoms with Crippen molar-refractivity contribution in [2.45, 2.75) is 38.5 Å². The van der Waals surface area contributed by atoms with Gasteiger partial charge in [0.25, 0.3) is 0 Å². The average molecular weight is 548 g/mol. The fourth-order valence-electron chi connectivity index (χ4n) is 5.71. The number of pyridine rings is 2. The van der Waals surface area contributed by atoms with Gasteiger partial charge in [-0.05, 0) is 40.4 Å². The summed E-state index contributed by atoms with van der Waals surface area (Å²) in [7, 11) is 0. The summed E-state index contributed by atoms with van der Waals surface area (Å²) in [6.45, 7) is 2.93. The summed E-state index contributed by atoms with van der Waals surface area (Å²) in [5.74, 6) is -2.60. The molecular weight excluding hydrogens is 520 g/mol. The zero-order chi connectivity index (χ0) is 27.8. The van der Waals surface area contributed by atoms with Gasteiger partial charge in [-0.2, -0.15) is 4.39 Å². The van der Waals surface area contributed by atoms with Crippen LogP contribution in [-0.2, 0) is 19.6 Å². The van der Waals surface area contributed by atoms with E-state index in [1.807, 2.05) is 30.3 Å². The second-order valence-electron chi connectivity index (χ2n) is 10.2. The quantitative estimate of drug-likeness (QED) is 0.246. The van der Waals surface area contributed by atoms with Crippen LogP contribution in [0, 0.1) is 21.7 Å². The van der Waals surface area contributed by atoms with Gasteiger partial charge in [0.2, 0.25) is 5.82 Å². The fourth-order valence-corrected chi connectivity index (χ4v) is 5.71. The molecule has 1 atom stereocenters. The van der Waals surface area contributed by atoms with E-state index in [0.29, 0.717) is 31.7 Å². The molecule has 2 aromatic heterocycles. The van der Waals surface area contributed by atoms with Gasteiger partial charge in [-0.1, -0.05) is 30.3 Å². The third-order valence-corrected chi connectivity index (χ3v) is 7.66. The second kappa shape index (κ2) is 10.6. The van der Waals surface area contributed by atoms with Crippen molar-refractivity contribution in [3.8, 4) is 5.75 Å². The molecule has 0 unspecified atom stereocenters. The number of anilines is 1. The summed E-state index contributed by atoms with van der Waals surface area (Å²) >= 11 is 0. The van der Waals surface area contributed by atoms with Crippen molar-refractivity contribution in [3.63, 3.8) is 0 Å². The van der Waals surface area contributed by atoms with E-state index in [2.05, 4.69) is 14.8 Å². The van der Waals surface area contributed by atoms with Crippen LogP contribution in [0.1, 0.15) is 24.0 Å². The number of hydrogen-bond acceptors (Lipinski definition) is 7. The highest BCUT2D eigenvalue weighted by Gasteiger charge is 2.29. The zero-order valence-electron chi connectivity index (χ0n) is 21.6. The van der Waals surface area contributed by atoms with E-state index in [1.165, 1.54) is 12.3 Å². The van der Waals surface area contributed by atoms with E-state index in [-0.39, 0.29) is 40.5 Å². The zero-order valence-corrected chi connectivity index (χ0v) is 21.6. The van der Waals surface area contributed by atoms with Gasteiger partial charge in [-0.25, -0.2) is 4.39 Å². The van der Waals surface area contributed by atoms with Gasteiger partial charge in [0, 0.05) is 50.0 Å². The lowest BCUT2D eigenvalue weighted by atomic mass is 10.0. The summed E-state index contributed by atoms with van der Waals surface area (Å²) in [6, 6.07) is 14.1. The lowest BCUT2D eigenvalue weighted by Crippen LogP contribution is -2.48. The van der Waals surface area contributed by atoms with Gasteiger partial charge in [0.1, 0.15) is 6.61 Å². The summed E-state index contributed by atoms with van der Waals surface area (Å²) in [5, 5.41) is 11.1. The molecular formula is C29H27F2N5O4. The maximum atomic E-state index is 14.4. The first-order valence-corrected chi connectivity index (χ1v) is 13.2. The Morgan fingerprint density at radius 1 is 1.12 bits per heavy atom. The third-order valence-electron chi connectivity index (χ3n) is 7.66. The van der Waals surface area contributed by atoms with Crippen molar-refractivity contribution in [2.75, 3.05) is 24.6 Å². The number of halogens is 2. The maximum absolute atomic E-state index is 14.4. The molecule has 0 aliphatic carbocycles. The smallest absolute Gasteiger partial charge is 0.363 e. The molecule has 0 spiro atoms. The summed E-state index contributed by atoms with van der Waals surface area (Å²) in [4.78, 5) is 32.5. The molecule has 0 N–H and O–H groups in total. The van der Waals surface area contributed by atoms with Gasteiger partial charge in [0.15, 0.2) is 23.2 Å². The van der Waals surface area contributed by atoms with Crippen molar-refractivity contribution >= 4 is 22.4 Å². The van der Waals surface area contributed by atoms with Crippen LogP contribution in [0.4, 0.5) is 20.3 Å². The number of nitrogens with zero attached hydrogens (tertiary/aromatic N) is 5. The Kier molecular flexibility index (Phi) is 6.89. The normalized spacial score (nSPS) is 16.8. The fraction of sp³-hybridized carbons (Fsp3) is 0.310. The van der Waals surface area contributed by atoms with Crippen LogP contribution in [-0.4, -0.2) is 45.1 Å². The number of nitro groups is 1. The van der Waals surface area contributed by atoms with E-state index >= 15 is 0 Å². The van der Waals surface area contributed by atoms with Crippen LogP contribution >= 0.6 is 0 Å². The Balaban J connectivity index is 1.34. The van der Waals surface area contributed by atoms with Gasteiger partial charge in [-0.15, -0.1) is 0 Å². The molecule has 206 valence electrons. The van der Waals surface area contributed by atoms with Crippen LogP contribution in [0.5, 0.6) is 5.75 Å². The Morgan fingerprint density at radius 3 is 2.70 bits per heavy atom. The first-order chi connectivity index (χ1) is 19.4. The molecule has 11 heteroatoms. The standard InChI is InChI=1S/C29H27F2N5O4/c30-24-13-23-27-29(26(24)31)40-12-11-34(27)16-20(28(23)37)17-35(15-19-5-2-1-3-6-19)22-7-4-10-33(18-22)21-8-9-25(32-14-21)36(38)39/h1-3,5-6,8-9,13-14,16,22H,4,7,10-12,15,17-18H2/t22-/m0/s1. The molecule has 40 heavy (non-hydrogen) atoms. The largest absolute Gasteiger partial charge is 0.486 e. The van der Waals surface area contributed by atoms with Gasteiger partial charge < -0.3 is 24.3 Å². The summed E-state index contributed by atoms with van der Waals surface area (Å²) in [5.41, 5.74) is 2.32. The van der Waals surface area contributed by atoms with Gasteiger partial charge in [-0.3, -0.25) is 9.69 Å². The maximum Gasteiger partial charge on any atom is 0.363 e. The third kappa shape index (κ3) is 4.88. The minimum absolute atomic E-state index is 0.0597. The van der Waals surface area contributed by atoms with Gasteiger partial charge in [0.05, 0.1) is 23.1 Å². The first kappa shape index (κ1) is 25.9. The number of ether oxygens (including phenoxy) is 1. The monoisotopic (exact) mass is 547 g/mol. The molecule has 2 aliphatic rings. The average Bonchev–Trinajstić information content (AvgIpc) is 2.98. The van der Waals surface area contributed by atoms with Crippen LogP contribution < -0.4 is 15.1 Å². The van der Waals surface area contributed by atoms with Crippen molar-refractivity contribution < 1.29 is 18.4 Å². The Morgan fingerprint density at radius 2 is 1.95 bits per heavy atom. The second-order valence-corrected chi connectivity index (χ2v) is 10.2. The molecule has 0 saturated carbocycles. The summed E-state index contributed by atoms with van der Waals surface area (Å²) in [6.07, 6.45) is 5.05. The van der Waals surface area contributed by atoms with E-state index in [0.717, 1.165) is 36.7 Å². The van der Waals surface area contributed by atoms with Crippen molar-refractivity contribution in [2.24, 2.45) is 0 Å². The first-order valence-electron chi connectivity index (χ1n) is 13.2. The molecule has 2 aromatic carbocycles. The van der Waals surface area contributed by atoms with Crippen LogP contribution in [0.15, 0.2) is 65.7 Å². The molecule has 0 bridgehead atoms. The van der Waals surface area contributed by atoms with E-state index in [1.54, 1.807) is 16.8 Å². The molecule has 6 rings (SSSR count). The number of benzene rings is 2. The van der Waals surface area contributed by atoms with Crippen LogP contribution in [0.2, 0.25) is 0 Å². The lowest BCUT2D eigenvalue weighted by Gasteiger charge is -2.40. The number of rotatable bonds is 7. The predicted octanol–water partition coefficient (Wildman–Crippen LogP) is 4.65. The van der Waals surface area contributed by atoms with Crippen molar-refractivity contribution in [3.05, 3.63) is 104 Å². The highest BCUT2D eigenvalue weighted by Crippen LogP contribution is 2.33. The van der Waals surface area contributed by atoms with Gasteiger partial charge >= 0.3 is 5.82 Å². The van der Waals surface area contributed by atoms with Crippen molar-refractivity contribution in [1.29, 1.82) is 0 Å². The molecule has 1 saturated heterocycles. The Bertz CT molecular complexity index is 1630. The van der Waals surface area contributed by atoms with E-state index in [4.69, 9.17) is 4.74 Å². The molecule has 4 aromatic rings. The number of aromatic nitrogens is 2. The Hall–Kier alpha value is -4.38. The highest BCUT2D eigenvalue weighted by atomic mass is 19.2. The van der Waals surface area contributed by atoms with E-state index in [9.17, 15) is 23.7 Å². The highest BCUT2D eigenvalue weighted by molar-refractivity contribution is 5.86.